The van der Waals surface area contributed by atoms with E-state index in [9.17, 15) is 19.6 Å². The Morgan fingerprint density at radius 2 is 1.80 bits per heavy atom. The van der Waals surface area contributed by atoms with Crippen LogP contribution in [0.2, 0.25) is 0 Å². The Morgan fingerprint density at radius 1 is 1.20 bits per heavy atom. The van der Waals surface area contributed by atoms with E-state index in [2.05, 4.69) is 14.7 Å². The largest absolute Gasteiger partial charge is 0.510 e. The second kappa shape index (κ2) is 6.52. The van der Waals surface area contributed by atoms with Gasteiger partial charge in [0.2, 0.25) is 5.70 Å². The summed E-state index contributed by atoms with van der Waals surface area (Å²) in [6.07, 6.45) is -0.360. The SMILES string of the molecule is COC(=O)CC/C(O)=C(/N=O)C(=O)OC. The number of methoxy groups -OCH3 is 2. The minimum absolute atomic E-state index is 0.154. The quantitative estimate of drug-likeness (QED) is 0.314. The van der Waals surface area contributed by atoms with Crippen LogP contribution in [0.3, 0.4) is 0 Å². The van der Waals surface area contributed by atoms with E-state index >= 15 is 0 Å². The van der Waals surface area contributed by atoms with Crippen molar-refractivity contribution in [3.63, 3.8) is 0 Å². The van der Waals surface area contributed by atoms with Gasteiger partial charge < -0.3 is 14.6 Å². The second-order valence-electron chi connectivity index (χ2n) is 2.45. The van der Waals surface area contributed by atoms with Gasteiger partial charge in [0.25, 0.3) is 0 Å². The Kier molecular flexibility index (Phi) is 5.69. The van der Waals surface area contributed by atoms with E-state index in [4.69, 9.17) is 0 Å². The Hall–Kier alpha value is -1.92. The average molecular weight is 217 g/mol. The van der Waals surface area contributed by atoms with Gasteiger partial charge in [-0.1, -0.05) is 0 Å². The highest BCUT2D eigenvalue weighted by Crippen LogP contribution is 2.11. The number of ether oxygens (including phenoxy) is 2. The number of allylic oxidation sites excluding steroid dienone is 1. The van der Waals surface area contributed by atoms with Gasteiger partial charge in [0.1, 0.15) is 5.76 Å². The number of aliphatic hydroxyl groups excluding tert-OH is 1. The summed E-state index contributed by atoms with van der Waals surface area (Å²) in [5.41, 5.74) is -0.735. The molecule has 0 unspecified atom stereocenters. The smallest absolute Gasteiger partial charge is 0.363 e. The maximum atomic E-state index is 10.8. The Bertz CT molecular complexity index is 296. The van der Waals surface area contributed by atoms with Crippen LogP contribution in [0.5, 0.6) is 0 Å². The van der Waals surface area contributed by atoms with Crippen LogP contribution >= 0.6 is 0 Å². The van der Waals surface area contributed by atoms with E-state index in [-0.39, 0.29) is 12.8 Å². The van der Waals surface area contributed by atoms with Crippen LogP contribution in [0.15, 0.2) is 16.6 Å². The molecule has 0 saturated carbocycles. The Labute approximate surface area is 85.6 Å². The molecule has 7 heteroatoms. The minimum Gasteiger partial charge on any atom is -0.510 e. The molecule has 0 spiro atoms. The van der Waals surface area contributed by atoms with Crippen molar-refractivity contribution in [1.29, 1.82) is 0 Å². The zero-order valence-corrected chi connectivity index (χ0v) is 8.35. The molecule has 0 rings (SSSR count). The van der Waals surface area contributed by atoms with E-state index in [1.54, 1.807) is 0 Å². The third kappa shape index (κ3) is 4.21. The van der Waals surface area contributed by atoms with Gasteiger partial charge in [0, 0.05) is 6.42 Å². The molecule has 0 atom stereocenters. The lowest BCUT2D eigenvalue weighted by atomic mass is 10.2. The highest BCUT2D eigenvalue weighted by atomic mass is 16.5. The molecule has 0 heterocycles. The third-order valence-corrected chi connectivity index (χ3v) is 1.54. The van der Waals surface area contributed by atoms with Crippen LogP contribution in [0.1, 0.15) is 12.8 Å². The summed E-state index contributed by atoms with van der Waals surface area (Å²) in [5, 5.41) is 11.5. The fourth-order valence-corrected chi connectivity index (χ4v) is 0.745. The zero-order valence-electron chi connectivity index (χ0n) is 8.35. The van der Waals surface area contributed by atoms with E-state index in [1.165, 1.54) is 7.11 Å². The highest BCUT2D eigenvalue weighted by Gasteiger charge is 2.17. The van der Waals surface area contributed by atoms with Crippen molar-refractivity contribution in [2.24, 2.45) is 5.18 Å². The molecule has 0 aliphatic carbocycles. The Morgan fingerprint density at radius 3 is 2.20 bits per heavy atom. The number of nitroso groups, excluding NO2 is 1. The summed E-state index contributed by atoms with van der Waals surface area (Å²) in [7, 11) is 2.23. The monoisotopic (exact) mass is 217 g/mol. The third-order valence-electron chi connectivity index (χ3n) is 1.54. The number of rotatable bonds is 5. The standard InChI is InChI=1S/C8H11NO6/c1-14-6(11)4-3-5(10)7(9-13)8(12)15-2/h10H,3-4H2,1-2H3/b7-5-. The number of nitrogens with zero attached hydrogens (tertiary/aromatic N) is 1. The molecule has 0 aliphatic heterocycles. The predicted molar refractivity (Wildman–Crippen MR) is 48.7 cm³/mol. The van der Waals surface area contributed by atoms with Crippen molar-refractivity contribution in [3.8, 4) is 0 Å². The number of carbonyl (C=O) groups excluding carboxylic acids is 2. The summed E-state index contributed by atoms with van der Waals surface area (Å²) < 4.78 is 8.49. The molecule has 0 fully saturated rings. The molecule has 15 heavy (non-hydrogen) atoms. The summed E-state index contributed by atoms with van der Waals surface area (Å²) in [6, 6.07) is 0. The molecule has 0 bridgehead atoms. The van der Waals surface area contributed by atoms with Crippen LogP contribution in [-0.4, -0.2) is 31.3 Å². The first-order valence-corrected chi connectivity index (χ1v) is 3.97. The average Bonchev–Trinajstić information content (AvgIpc) is 2.26. The van der Waals surface area contributed by atoms with E-state index in [0.717, 1.165) is 7.11 Å². The fourth-order valence-electron chi connectivity index (χ4n) is 0.745. The van der Waals surface area contributed by atoms with Crippen LogP contribution < -0.4 is 0 Å². The Balaban J connectivity index is 4.53. The number of hydrogen-bond donors (Lipinski definition) is 1. The molecule has 0 aliphatic rings. The lowest BCUT2D eigenvalue weighted by molar-refractivity contribution is -0.141. The summed E-state index contributed by atoms with van der Waals surface area (Å²) in [5.74, 6) is -2.22. The van der Waals surface area contributed by atoms with Crippen LogP contribution in [0, 0.1) is 4.91 Å². The normalized spacial score (nSPS) is 11.3. The van der Waals surface area contributed by atoms with Gasteiger partial charge in [0.05, 0.1) is 20.6 Å². The van der Waals surface area contributed by atoms with Crippen molar-refractivity contribution >= 4 is 11.9 Å². The molecule has 0 amide bonds. The van der Waals surface area contributed by atoms with Crippen LogP contribution in [0.25, 0.3) is 0 Å². The van der Waals surface area contributed by atoms with E-state index in [0.29, 0.717) is 0 Å². The molecule has 1 N–H and O–H groups in total. The van der Waals surface area contributed by atoms with Gasteiger partial charge >= 0.3 is 11.9 Å². The van der Waals surface area contributed by atoms with Gasteiger partial charge in [-0.25, -0.2) is 4.79 Å². The van der Waals surface area contributed by atoms with Gasteiger partial charge in [-0.05, 0) is 5.18 Å². The number of esters is 2. The fraction of sp³-hybridized carbons (Fsp3) is 0.500. The summed E-state index contributed by atoms with van der Waals surface area (Å²) in [4.78, 5) is 31.7. The highest BCUT2D eigenvalue weighted by molar-refractivity contribution is 5.88. The summed E-state index contributed by atoms with van der Waals surface area (Å²) in [6.45, 7) is 0. The molecular formula is C8H11NO6. The van der Waals surface area contributed by atoms with Gasteiger partial charge in [0.15, 0.2) is 0 Å². The van der Waals surface area contributed by atoms with E-state index in [1.807, 2.05) is 0 Å². The van der Waals surface area contributed by atoms with Crippen molar-refractivity contribution in [1.82, 2.24) is 0 Å². The van der Waals surface area contributed by atoms with Crippen molar-refractivity contribution in [3.05, 3.63) is 16.4 Å². The van der Waals surface area contributed by atoms with Gasteiger partial charge in [-0.2, -0.15) is 0 Å². The molecule has 84 valence electrons. The predicted octanol–water partition coefficient (Wildman–Crippen LogP) is 0.649. The maximum absolute atomic E-state index is 10.8. The first-order chi connectivity index (χ1) is 7.06. The van der Waals surface area contributed by atoms with Crippen molar-refractivity contribution in [2.75, 3.05) is 14.2 Å². The van der Waals surface area contributed by atoms with Crippen molar-refractivity contribution < 1.29 is 24.2 Å². The van der Waals surface area contributed by atoms with Gasteiger partial charge in [-0.15, -0.1) is 4.91 Å². The lowest BCUT2D eigenvalue weighted by Gasteiger charge is -2.01. The number of hydrogen-bond acceptors (Lipinski definition) is 7. The molecule has 0 radical (unpaired) electrons. The first kappa shape index (κ1) is 13.1. The molecule has 0 aromatic rings. The van der Waals surface area contributed by atoms with Crippen molar-refractivity contribution in [2.45, 2.75) is 12.8 Å². The zero-order chi connectivity index (χ0) is 11.8. The molecule has 0 aromatic carbocycles. The second-order valence-corrected chi connectivity index (χ2v) is 2.45. The number of carbonyl (C=O) groups is 2. The molecule has 0 saturated heterocycles. The van der Waals surface area contributed by atoms with Crippen LogP contribution in [0.4, 0.5) is 0 Å². The number of aliphatic hydroxyl groups is 1. The topological polar surface area (TPSA) is 102 Å². The molecular weight excluding hydrogens is 206 g/mol. The summed E-state index contributed by atoms with van der Waals surface area (Å²) >= 11 is 0. The molecule has 7 nitrogen and oxygen atoms in total. The van der Waals surface area contributed by atoms with E-state index < -0.39 is 23.4 Å². The molecule has 0 aromatic heterocycles. The first-order valence-electron chi connectivity index (χ1n) is 3.97. The lowest BCUT2D eigenvalue weighted by Crippen LogP contribution is -2.07. The van der Waals surface area contributed by atoms with Gasteiger partial charge in [-0.3, -0.25) is 4.79 Å². The minimum atomic E-state index is -1.05. The maximum Gasteiger partial charge on any atom is 0.363 e. The van der Waals surface area contributed by atoms with Crippen LogP contribution in [-0.2, 0) is 19.1 Å².